The highest BCUT2D eigenvalue weighted by Crippen LogP contribution is 2.36. The maximum absolute atomic E-state index is 13.0. The second kappa shape index (κ2) is 7.93. The second-order valence-electron chi connectivity index (χ2n) is 7.42. The number of esters is 1. The van der Waals surface area contributed by atoms with Gasteiger partial charge in [-0.1, -0.05) is 0 Å². The Morgan fingerprint density at radius 2 is 1.52 bits per heavy atom. The molecule has 0 atom stereocenters. The van der Waals surface area contributed by atoms with Crippen molar-refractivity contribution in [3.05, 3.63) is 36.4 Å². The number of piperidine rings is 1. The fourth-order valence-corrected chi connectivity index (χ4v) is 5.29. The Kier molecular flexibility index (Phi) is 5.11. The summed E-state index contributed by atoms with van der Waals surface area (Å²) in [6, 6.07) is 9.56. The molecule has 3 aliphatic rings. The minimum atomic E-state index is -3.70. The molecule has 5 rings (SSSR count). The third-order valence-corrected chi connectivity index (χ3v) is 7.40. The summed E-state index contributed by atoms with van der Waals surface area (Å²) < 4.78 is 54.4. The van der Waals surface area contributed by atoms with Gasteiger partial charge in [-0.3, -0.25) is 4.79 Å². The topological polar surface area (TPSA) is 101 Å². The van der Waals surface area contributed by atoms with E-state index in [0.717, 1.165) is 0 Å². The lowest BCUT2D eigenvalue weighted by Gasteiger charge is -2.30. The van der Waals surface area contributed by atoms with Gasteiger partial charge in [0.05, 0.1) is 10.8 Å². The van der Waals surface area contributed by atoms with Gasteiger partial charge in [0, 0.05) is 25.2 Å². The number of carbonyl (C=O) groups is 1. The van der Waals surface area contributed by atoms with Crippen LogP contribution in [0.4, 0.5) is 0 Å². The van der Waals surface area contributed by atoms with E-state index in [0.29, 0.717) is 54.8 Å². The van der Waals surface area contributed by atoms with Crippen LogP contribution in [0.3, 0.4) is 0 Å². The SMILES string of the molecule is O=C(Oc1ccc2c(c1)OCO2)C1CCN(S(=O)(=O)c2ccc3c(c2)OCCO3)CC1. The Labute approximate surface area is 179 Å². The zero-order valence-electron chi connectivity index (χ0n) is 16.6. The first-order chi connectivity index (χ1) is 15.0. The molecule has 0 spiro atoms. The average molecular weight is 447 g/mol. The van der Waals surface area contributed by atoms with Crippen LogP contribution in [-0.2, 0) is 14.8 Å². The number of benzene rings is 2. The van der Waals surface area contributed by atoms with Crippen molar-refractivity contribution >= 4 is 16.0 Å². The highest BCUT2D eigenvalue weighted by Gasteiger charge is 2.34. The molecule has 3 aliphatic heterocycles. The third kappa shape index (κ3) is 3.88. The molecular formula is C21H21NO8S. The molecule has 0 aliphatic carbocycles. The van der Waals surface area contributed by atoms with Crippen molar-refractivity contribution < 1.29 is 36.9 Å². The molecule has 1 saturated heterocycles. The molecule has 1 fully saturated rings. The lowest BCUT2D eigenvalue weighted by atomic mass is 9.98. The van der Waals surface area contributed by atoms with Gasteiger partial charge in [-0.2, -0.15) is 4.31 Å². The number of ether oxygens (including phenoxy) is 5. The molecule has 0 bridgehead atoms. The fourth-order valence-electron chi connectivity index (χ4n) is 3.80. The van der Waals surface area contributed by atoms with E-state index in [1.54, 1.807) is 24.3 Å². The van der Waals surface area contributed by atoms with Crippen LogP contribution in [0.25, 0.3) is 0 Å². The van der Waals surface area contributed by atoms with E-state index >= 15 is 0 Å². The second-order valence-corrected chi connectivity index (χ2v) is 9.36. The molecule has 3 heterocycles. The average Bonchev–Trinajstić information content (AvgIpc) is 3.27. The summed E-state index contributed by atoms with van der Waals surface area (Å²) in [6.45, 7) is 1.43. The predicted molar refractivity (Wildman–Crippen MR) is 107 cm³/mol. The lowest BCUT2D eigenvalue weighted by Crippen LogP contribution is -2.41. The quantitative estimate of drug-likeness (QED) is 0.519. The number of hydrogen-bond acceptors (Lipinski definition) is 8. The van der Waals surface area contributed by atoms with Gasteiger partial charge < -0.3 is 23.7 Å². The highest BCUT2D eigenvalue weighted by atomic mass is 32.2. The Balaban J connectivity index is 1.22. The molecule has 164 valence electrons. The first-order valence-corrected chi connectivity index (χ1v) is 11.5. The van der Waals surface area contributed by atoms with Crippen molar-refractivity contribution in [2.45, 2.75) is 17.7 Å². The standard InChI is InChI=1S/C21H21NO8S/c23-21(30-15-1-3-18-19(11-15)29-13-28-18)14-5-7-22(8-6-14)31(24,25)16-2-4-17-20(12-16)27-10-9-26-17/h1-4,11-12,14H,5-10,13H2. The number of sulfonamides is 1. The summed E-state index contributed by atoms with van der Waals surface area (Å²) in [6.07, 6.45) is 0.764. The van der Waals surface area contributed by atoms with E-state index in [1.165, 1.54) is 16.4 Å². The van der Waals surface area contributed by atoms with Crippen LogP contribution >= 0.6 is 0 Å². The van der Waals surface area contributed by atoms with E-state index in [2.05, 4.69) is 0 Å². The van der Waals surface area contributed by atoms with Gasteiger partial charge in [0.25, 0.3) is 0 Å². The van der Waals surface area contributed by atoms with Crippen LogP contribution in [0.1, 0.15) is 12.8 Å². The first kappa shape index (κ1) is 20.0. The molecule has 2 aromatic carbocycles. The van der Waals surface area contributed by atoms with E-state index in [-0.39, 0.29) is 36.7 Å². The third-order valence-electron chi connectivity index (χ3n) is 5.50. The highest BCUT2D eigenvalue weighted by molar-refractivity contribution is 7.89. The van der Waals surface area contributed by atoms with Crippen molar-refractivity contribution in [1.29, 1.82) is 0 Å². The normalized spacial score (nSPS) is 18.6. The van der Waals surface area contributed by atoms with Gasteiger partial charge in [0.15, 0.2) is 23.0 Å². The first-order valence-electron chi connectivity index (χ1n) is 10.0. The van der Waals surface area contributed by atoms with Gasteiger partial charge >= 0.3 is 5.97 Å². The van der Waals surface area contributed by atoms with Crippen LogP contribution in [0, 0.1) is 5.92 Å². The Bertz CT molecular complexity index is 1110. The summed E-state index contributed by atoms with van der Waals surface area (Å²) in [5.74, 6) is 1.72. The van der Waals surface area contributed by atoms with Gasteiger partial charge in [0.2, 0.25) is 16.8 Å². The summed E-state index contributed by atoms with van der Waals surface area (Å²) in [5.41, 5.74) is 0. The van der Waals surface area contributed by atoms with Gasteiger partial charge in [-0.05, 0) is 37.1 Å². The molecule has 0 saturated carbocycles. The van der Waals surface area contributed by atoms with E-state index in [9.17, 15) is 13.2 Å². The molecule has 0 N–H and O–H groups in total. The van der Waals surface area contributed by atoms with Crippen LogP contribution in [0.15, 0.2) is 41.3 Å². The summed E-state index contributed by atoms with van der Waals surface area (Å²) in [7, 11) is -3.70. The summed E-state index contributed by atoms with van der Waals surface area (Å²) in [5, 5.41) is 0. The van der Waals surface area contributed by atoms with E-state index in [1.807, 2.05) is 0 Å². The summed E-state index contributed by atoms with van der Waals surface area (Å²) in [4.78, 5) is 12.7. The van der Waals surface area contributed by atoms with Crippen LogP contribution < -0.4 is 23.7 Å². The molecule has 10 heteroatoms. The molecule has 0 aromatic heterocycles. The molecule has 2 aromatic rings. The van der Waals surface area contributed by atoms with Crippen molar-refractivity contribution in [3.8, 4) is 28.7 Å². The van der Waals surface area contributed by atoms with E-state index in [4.69, 9.17) is 23.7 Å². The minimum absolute atomic E-state index is 0.142. The number of fused-ring (bicyclic) bond motifs is 2. The molecule has 0 unspecified atom stereocenters. The van der Waals surface area contributed by atoms with Crippen molar-refractivity contribution in [3.63, 3.8) is 0 Å². The monoisotopic (exact) mass is 447 g/mol. The Morgan fingerprint density at radius 3 is 2.32 bits per heavy atom. The molecule has 0 amide bonds. The van der Waals surface area contributed by atoms with Crippen LogP contribution in [0.5, 0.6) is 28.7 Å². The predicted octanol–water partition coefficient (Wildman–Crippen LogP) is 2.19. The molecule has 31 heavy (non-hydrogen) atoms. The van der Waals surface area contributed by atoms with E-state index < -0.39 is 10.0 Å². The number of carbonyl (C=O) groups excluding carboxylic acids is 1. The zero-order chi connectivity index (χ0) is 21.4. The smallest absolute Gasteiger partial charge is 0.314 e. The fraction of sp³-hybridized carbons (Fsp3) is 0.381. The molecule has 9 nitrogen and oxygen atoms in total. The Hall–Kier alpha value is -2.98. The van der Waals surface area contributed by atoms with Crippen molar-refractivity contribution in [1.82, 2.24) is 4.31 Å². The van der Waals surface area contributed by atoms with Crippen LogP contribution in [0.2, 0.25) is 0 Å². The maximum Gasteiger partial charge on any atom is 0.314 e. The lowest BCUT2D eigenvalue weighted by molar-refractivity contribution is -0.140. The van der Waals surface area contributed by atoms with Crippen molar-refractivity contribution in [2.75, 3.05) is 33.1 Å². The van der Waals surface area contributed by atoms with Gasteiger partial charge in [-0.25, -0.2) is 8.42 Å². The summed E-state index contributed by atoms with van der Waals surface area (Å²) >= 11 is 0. The maximum atomic E-state index is 13.0. The number of hydrogen-bond donors (Lipinski definition) is 0. The largest absolute Gasteiger partial charge is 0.486 e. The van der Waals surface area contributed by atoms with Gasteiger partial charge in [0.1, 0.15) is 19.0 Å². The minimum Gasteiger partial charge on any atom is -0.486 e. The zero-order valence-corrected chi connectivity index (χ0v) is 17.4. The number of rotatable bonds is 4. The molecule has 0 radical (unpaired) electrons. The molecular weight excluding hydrogens is 426 g/mol. The number of nitrogens with zero attached hydrogens (tertiary/aromatic N) is 1. The Morgan fingerprint density at radius 1 is 0.871 bits per heavy atom. The van der Waals surface area contributed by atoms with Crippen molar-refractivity contribution in [2.24, 2.45) is 5.92 Å². The van der Waals surface area contributed by atoms with Gasteiger partial charge in [-0.15, -0.1) is 0 Å². The van der Waals surface area contributed by atoms with Crippen LogP contribution in [-0.4, -0.2) is 51.8 Å².